The number of hydrogen-bond acceptors (Lipinski definition) is 2. The highest BCUT2D eigenvalue weighted by molar-refractivity contribution is 5.64. The highest BCUT2D eigenvalue weighted by Crippen LogP contribution is 2.28. The van der Waals surface area contributed by atoms with Crippen LogP contribution in [0.2, 0.25) is 0 Å². The third kappa shape index (κ3) is 5.35. The van der Waals surface area contributed by atoms with Crippen molar-refractivity contribution in [2.75, 3.05) is 6.61 Å². The first-order valence-electron chi connectivity index (χ1n) is 6.32. The van der Waals surface area contributed by atoms with Crippen molar-refractivity contribution >= 4 is 6.09 Å². The van der Waals surface area contributed by atoms with Gasteiger partial charge in [0.2, 0.25) is 0 Å². The van der Waals surface area contributed by atoms with Gasteiger partial charge in [0.1, 0.15) is 0 Å². The Morgan fingerprint density at radius 2 is 1.81 bits per heavy atom. The number of aliphatic hydroxyl groups is 1. The summed E-state index contributed by atoms with van der Waals surface area (Å²) >= 11 is 0. The van der Waals surface area contributed by atoms with Gasteiger partial charge >= 0.3 is 6.09 Å². The summed E-state index contributed by atoms with van der Waals surface area (Å²) in [4.78, 5) is 10.5. The van der Waals surface area contributed by atoms with E-state index in [0.29, 0.717) is 6.61 Å². The summed E-state index contributed by atoms with van der Waals surface area (Å²) in [6, 6.07) is 0.172. The Balaban J connectivity index is 2.05. The molecule has 0 aromatic carbocycles. The topological polar surface area (TPSA) is 69.6 Å². The number of unbranched alkanes of at least 4 members (excludes halogenated alkanes) is 2. The molecule has 1 rings (SSSR count). The summed E-state index contributed by atoms with van der Waals surface area (Å²) in [6.07, 6.45) is 7.82. The number of hydrogen-bond donors (Lipinski definition) is 3. The molecule has 1 aliphatic rings. The molecule has 1 fully saturated rings. The van der Waals surface area contributed by atoms with Gasteiger partial charge in [0, 0.05) is 12.6 Å². The van der Waals surface area contributed by atoms with Crippen LogP contribution in [-0.2, 0) is 0 Å². The van der Waals surface area contributed by atoms with E-state index in [0.717, 1.165) is 44.4 Å². The molecule has 0 heterocycles. The van der Waals surface area contributed by atoms with Crippen molar-refractivity contribution < 1.29 is 15.0 Å². The molecule has 0 aliphatic heterocycles. The highest BCUT2D eigenvalue weighted by atomic mass is 16.4. The number of carboxylic acid groups (broad SMARTS) is 1. The Kier molecular flexibility index (Phi) is 6.23. The largest absolute Gasteiger partial charge is 0.465 e. The average molecular weight is 229 g/mol. The monoisotopic (exact) mass is 229 g/mol. The van der Waals surface area contributed by atoms with Crippen LogP contribution in [0.5, 0.6) is 0 Å². The van der Waals surface area contributed by atoms with Crippen LogP contribution in [0.1, 0.15) is 51.4 Å². The second-order valence-electron chi connectivity index (χ2n) is 4.74. The molecule has 94 valence electrons. The van der Waals surface area contributed by atoms with Crippen molar-refractivity contribution in [2.45, 2.75) is 57.4 Å². The summed E-state index contributed by atoms with van der Waals surface area (Å²) in [6.45, 7) is 0.301. The first kappa shape index (κ1) is 13.3. The molecule has 0 spiro atoms. The minimum atomic E-state index is -0.897. The SMILES string of the molecule is O=C(O)NC1CCC(CCCCCO)CC1. The van der Waals surface area contributed by atoms with Crippen LogP contribution in [0, 0.1) is 5.92 Å². The number of carbonyl (C=O) groups is 1. The van der Waals surface area contributed by atoms with Gasteiger partial charge in [0.25, 0.3) is 0 Å². The zero-order valence-corrected chi connectivity index (χ0v) is 9.82. The molecular formula is C12H23NO3. The molecule has 0 aromatic rings. The molecule has 0 aromatic heterocycles. The molecule has 1 aliphatic carbocycles. The Labute approximate surface area is 97.0 Å². The third-order valence-electron chi connectivity index (χ3n) is 3.44. The zero-order valence-electron chi connectivity index (χ0n) is 9.82. The Bertz CT molecular complexity index is 200. The van der Waals surface area contributed by atoms with E-state index >= 15 is 0 Å². The van der Waals surface area contributed by atoms with Gasteiger partial charge in [-0.3, -0.25) is 0 Å². The van der Waals surface area contributed by atoms with Gasteiger partial charge in [-0.05, 0) is 38.0 Å². The molecule has 1 amide bonds. The number of nitrogens with one attached hydrogen (secondary N) is 1. The summed E-state index contributed by atoms with van der Waals surface area (Å²) in [5.41, 5.74) is 0. The summed E-state index contributed by atoms with van der Waals surface area (Å²) in [7, 11) is 0. The fourth-order valence-electron chi connectivity index (χ4n) is 2.49. The van der Waals surface area contributed by atoms with Gasteiger partial charge in [-0.1, -0.05) is 19.3 Å². The summed E-state index contributed by atoms with van der Waals surface area (Å²) in [5, 5.41) is 19.8. The third-order valence-corrected chi connectivity index (χ3v) is 3.44. The maximum atomic E-state index is 10.5. The van der Waals surface area contributed by atoms with Crippen molar-refractivity contribution in [3.05, 3.63) is 0 Å². The first-order valence-corrected chi connectivity index (χ1v) is 6.32. The predicted molar refractivity (Wildman–Crippen MR) is 62.5 cm³/mol. The molecule has 4 nitrogen and oxygen atoms in total. The summed E-state index contributed by atoms with van der Waals surface area (Å²) < 4.78 is 0. The summed E-state index contributed by atoms with van der Waals surface area (Å²) in [5.74, 6) is 0.769. The van der Waals surface area contributed by atoms with E-state index in [9.17, 15) is 4.79 Å². The molecule has 4 heteroatoms. The Morgan fingerprint density at radius 3 is 2.38 bits per heavy atom. The van der Waals surface area contributed by atoms with Gasteiger partial charge < -0.3 is 15.5 Å². The van der Waals surface area contributed by atoms with E-state index in [1.165, 1.54) is 12.8 Å². The van der Waals surface area contributed by atoms with E-state index in [1.54, 1.807) is 0 Å². The lowest BCUT2D eigenvalue weighted by atomic mass is 9.83. The molecule has 1 saturated carbocycles. The van der Waals surface area contributed by atoms with Crippen LogP contribution < -0.4 is 5.32 Å². The lowest BCUT2D eigenvalue weighted by Gasteiger charge is -2.28. The van der Waals surface area contributed by atoms with Gasteiger partial charge in [0.05, 0.1) is 0 Å². The van der Waals surface area contributed by atoms with Gasteiger partial charge in [-0.15, -0.1) is 0 Å². The average Bonchev–Trinajstić information content (AvgIpc) is 2.26. The smallest absolute Gasteiger partial charge is 0.404 e. The van der Waals surface area contributed by atoms with Crippen molar-refractivity contribution in [1.82, 2.24) is 5.32 Å². The minimum Gasteiger partial charge on any atom is -0.465 e. The molecule has 0 atom stereocenters. The van der Waals surface area contributed by atoms with E-state index in [-0.39, 0.29) is 6.04 Å². The van der Waals surface area contributed by atoms with E-state index in [2.05, 4.69) is 5.32 Å². The lowest BCUT2D eigenvalue weighted by Crippen LogP contribution is -2.36. The van der Waals surface area contributed by atoms with Gasteiger partial charge in [-0.2, -0.15) is 0 Å². The predicted octanol–water partition coefficient (Wildman–Crippen LogP) is 2.37. The molecular weight excluding hydrogens is 206 g/mol. The quantitative estimate of drug-likeness (QED) is 0.612. The number of aliphatic hydroxyl groups excluding tert-OH is 1. The maximum Gasteiger partial charge on any atom is 0.404 e. The van der Waals surface area contributed by atoms with E-state index < -0.39 is 6.09 Å². The lowest BCUT2D eigenvalue weighted by molar-refractivity contribution is 0.181. The Hall–Kier alpha value is -0.770. The van der Waals surface area contributed by atoms with E-state index in [4.69, 9.17) is 10.2 Å². The fraction of sp³-hybridized carbons (Fsp3) is 0.917. The van der Waals surface area contributed by atoms with Crippen molar-refractivity contribution in [3.63, 3.8) is 0 Å². The molecule has 0 radical (unpaired) electrons. The standard InChI is InChI=1S/C12H23NO3/c14-9-3-1-2-4-10-5-7-11(8-6-10)13-12(15)16/h10-11,13-14H,1-9H2,(H,15,16). The minimum absolute atomic E-state index is 0.172. The van der Waals surface area contributed by atoms with Crippen molar-refractivity contribution in [3.8, 4) is 0 Å². The van der Waals surface area contributed by atoms with Crippen LogP contribution in [0.15, 0.2) is 0 Å². The van der Waals surface area contributed by atoms with Crippen LogP contribution in [0.3, 0.4) is 0 Å². The maximum absolute atomic E-state index is 10.5. The number of amides is 1. The molecule has 3 N–H and O–H groups in total. The molecule has 0 unspecified atom stereocenters. The van der Waals surface area contributed by atoms with Crippen LogP contribution >= 0.6 is 0 Å². The van der Waals surface area contributed by atoms with Crippen molar-refractivity contribution in [2.24, 2.45) is 5.92 Å². The second kappa shape index (κ2) is 7.49. The molecule has 0 bridgehead atoms. The van der Waals surface area contributed by atoms with Crippen LogP contribution in [0.25, 0.3) is 0 Å². The molecule has 16 heavy (non-hydrogen) atoms. The van der Waals surface area contributed by atoms with Gasteiger partial charge in [0.15, 0.2) is 0 Å². The van der Waals surface area contributed by atoms with Crippen LogP contribution in [-0.4, -0.2) is 29.0 Å². The fourth-order valence-corrected chi connectivity index (χ4v) is 2.49. The normalized spacial score (nSPS) is 25.3. The zero-order chi connectivity index (χ0) is 11.8. The van der Waals surface area contributed by atoms with Gasteiger partial charge in [-0.25, -0.2) is 4.79 Å². The first-order chi connectivity index (χ1) is 7.72. The van der Waals surface area contributed by atoms with E-state index in [1.807, 2.05) is 0 Å². The second-order valence-corrected chi connectivity index (χ2v) is 4.74. The Morgan fingerprint density at radius 1 is 1.12 bits per heavy atom. The number of rotatable bonds is 6. The van der Waals surface area contributed by atoms with Crippen LogP contribution in [0.4, 0.5) is 4.79 Å². The molecule has 0 saturated heterocycles. The van der Waals surface area contributed by atoms with Crippen molar-refractivity contribution in [1.29, 1.82) is 0 Å². The highest BCUT2D eigenvalue weighted by Gasteiger charge is 2.21.